The van der Waals surface area contributed by atoms with E-state index in [4.69, 9.17) is 4.52 Å². The topological polar surface area (TPSA) is 90.0 Å². The van der Waals surface area contributed by atoms with Gasteiger partial charge in [0.1, 0.15) is 16.3 Å². The lowest BCUT2D eigenvalue weighted by molar-refractivity contribution is -0.113. The van der Waals surface area contributed by atoms with Crippen molar-refractivity contribution >= 4 is 45.0 Å². The van der Waals surface area contributed by atoms with Gasteiger partial charge in [-0.15, -0.1) is 11.3 Å². The molecular formula is C19H15FN4O3S2. The van der Waals surface area contributed by atoms with Gasteiger partial charge in [0.15, 0.2) is 11.0 Å². The molecule has 1 N–H and O–H groups in total. The van der Waals surface area contributed by atoms with E-state index >= 15 is 0 Å². The van der Waals surface area contributed by atoms with Crippen LogP contribution in [0.15, 0.2) is 50.2 Å². The fraction of sp³-hybridized carbons (Fsp3) is 0.158. The van der Waals surface area contributed by atoms with Crippen LogP contribution in [0.2, 0.25) is 0 Å². The number of benzene rings is 1. The van der Waals surface area contributed by atoms with E-state index in [-0.39, 0.29) is 23.0 Å². The average molecular weight is 430 g/mol. The first kappa shape index (κ1) is 19.3. The van der Waals surface area contributed by atoms with Crippen LogP contribution in [0, 0.1) is 19.7 Å². The Morgan fingerprint density at radius 2 is 2.14 bits per heavy atom. The van der Waals surface area contributed by atoms with Crippen LogP contribution in [0.5, 0.6) is 0 Å². The average Bonchev–Trinajstić information content (AvgIpc) is 3.31. The van der Waals surface area contributed by atoms with Crippen LogP contribution in [-0.4, -0.2) is 26.4 Å². The van der Waals surface area contributed by atoms with E-state index < -0.39 is 0 Å². The summed E-state index contributed by atoms with van der Waals surface area (Å²) in [7, 11) is 0. The lowest BCUT2D eigenvalue weighted by Gasteiger charge is -2.12. The van der Waals surface area contributed by atoms with Crippen molar-refractivity contribution in [3.8, 4) is 5.69 Å². The fourth-order valence-electron chi connectivity index (χ4n) is 2.72. The number of rotatable bonds is 5. The quantitative estimate of drug-likeness (QED) is 0.381. The van der Waals surface area contributed by atoms with Crippen molar-refractivity contribution in [3.05, 3.63) is 63.2 Å². The summed E-state index contributed by atoms with van der Waals surface area (Å²) in [6.45, 7) is 3.35. The standard InChI is InChI=1S/C19H15FN4O3S2/c1-10-7-12(3-4-13(10)20)24-18(26)17-14(5-6-28-17)21-19(24)29-9-16(25)22-15-8-11(2)27-23-15/h3-8H,9H2,1-2H3,(H,22,23,25). The number of hydrogen-bond donors (Lipinski definition) is 1. The highest BCUT2D eigenvalue weighted by Gasteiger charge is 2.17. The summed E-state index contributed by atoms with van der Waals surface area (Å²) in [4.78, 5) is 29.8. The normalized spacial score (nSPS) is 11.1. The Balaban J connectivity index is 1.68. The molecule has 7 nitrogen and oxygen atoms in total. The van der Waals surface area contributed by atoms with Crippen molar-refractivity contribution in [2.45, 2.75) is 19.0 Å². The number of hydrogen-bond acceptors (Lipinski definition) is 7. The number of fused-ring (bicyclic) bond motifs is 1. The Kier molecular flexibility index (Phi) is 5.20. The van der Waals surface area contributed by atoms with Crippen LogP contribution < -0.4 is 10.9 Å². The van der Waals surface area contributed by atoms with E-state index in [1.807, 2.05) is 0 Å². The molecule has 4 rings (SSSR count). The summed E-state index contributed by atoms with van der Waals surface area (Å²) >= 11 is 2.40. The van der Waals surface area contributed by atoms with E-state index in [0.29, 0.717) is 38.2 Å². The molecular weight excluding hydrogens is 415 g/mol. The number of carbonyl (C=O) groups is 1. The smallest absolute Gasteiger partial charge is 0.276 e. The number of halogens is 1. The summed E-state index contributed by atoms with van der Waals surface area (Å²) in [6, 6.07) is 7.77. The van der Waals surface area contributed by atoms with Crippen LogP contribution in [0.25, 0.3) is 15.9 Å². The Labute approximate surface area is 172 Å². The van der Waals surface area contributed by atoms with E-state index in [1.54, 1.807) is 37.4 Å². The second kappa shape index (κ2) is 7.80. The molecule has 3 heterocycles. The SMILES string of the molecule is Cc1cc(NC(=O)CSc2nc3ccsc3c(=O)n2-c2ccc(F)c(C)c2)no1. The zero-order valence-electron chi connectivity index (χ0n) is 15.4. The number of aryl methyl sites for hydroxylation is 2. The van der Waals surface area contributed by atoms with Gasteiger partial charge in [0, 0.05) is 6.07 Å². The molecule has 29 heavy (non-hydrogen) atoms. The van der Waals surface area contributed by atoms with Crippen LogP contribution >= 0.6 is 23.1 Å². The number of nitrogens with one attached hydrogen (secondary N) is 1. The van der Waals surface area contributed by atoms with Crippen molar-refractivity contribution in [1.82, 2.24) is 14.7 Å². The number of anilines is 1. The van der Waals surface area contributed by atoms with Gasteiger partial charge in [-0.05, 0) is 49.1 Å². The van der Waals surface area contributed by atoms with Gasteiger partial charge in [-0.3, -0.25) is 14.2 Å². The maximum atomic E-state index is 13.7. The Morgan fingerprint density at radius 3 is 2.86 bits per heavy atom. The molecule has 0 spiro atoms. The van der Waals surface area contributed by atoms with Gasteiger partial charge in [-0.2, -0.15) is 0 Å². The maximum absolute atomic E-state index is 13.7. The van der Waals surface area contributed by atoms with Crippen LogP contribution in [0.4, 0.5) is 10.2 Å². The first-order valence-electron chi connectivity index (χ1n) is 8.55. The van der Waals surface area contributed by atoms with Crippen molar-refractivity contribution in [3.63, 3.8) is 0 Å². The summed E-state index contributed by atoms with van der Waals surface area (Å²) in [5, 5.41) is 8.48. The third-order valence-electron chi connectivity index (χ3n) is 4.08. The monoisotopic (exact) mass is 430 g/mol. The van der Waals surface area contributed by atoms with E-state index in [0.717, 1.165) is 11.8 Å². The van der Waals surface area contributed by atoms with Crippen molar-refractivity contribution in [1.29, 1.82) is 0 Å². The second-order valence-corrected chi connectivity index (χ2v) is 8.12. The van der Waals surface area contributed by atoms with Gasteiger partial charge in [-0.1, -0.05) is 16.9 Å². The fourth-order valence-corrected chi connectivity index (χ4v) is 4.29. The molecule has 0 atom stereocenters. The number of amides is 1. The lowest BCUT2D eigenvalue weighted by Crippen LogP contribution is -2.22. The molecule has 0 saturated carbocycles. The van der Waals surface area contributed by atoms with Gasteiger partial charge < -0.3 is 9.84 Å². The Bertz CT molecular complexity index is 1280. The van der Waals surface area contributed by atoms with Crippen LogP contribution in [-0.2, 0) is 4.79 Å². The van der Waals surface area contributed by atoms with Gasteiger partial charge in [-0.25, -0.2) is 9.37 Å². The third-order valence-corrected chi connectivity index (χ3v) is 5.91. The summed E-state index contributed by atoms with van der Waals surface area (Å²) in [5.41, 5.74) is 1.21. The highest BCUT2D eigenvalue weighted by atomic mass is 32.2. The molecule has 3 aromatic heterocycles. The predicted molar refractivity (Wildman–Crippen MR) is 111 cm³/mol. The third kappa shape index (κ3) is 3.94. The van der Waals surface area contributed by atoms with Gasteiger partial charge >= 0.3 is 0 Å². The molecule has 0 radical (unpaired) electrons. The lowest BCUT2D eigenvalue weighted by atomic mass is 10.2. The molecule has 0 saturated heterocycles. The minimum absolute atomic E-state index is 0.00810. The summed E-state index contributed by atoms with van der Waals surface area (Å²) < 4.78 is 20.5. The summed E-state index contributed by atoms with van der Waals surface area (Å²) in [6.07, 6.45) is 0. The molecule has 1 amide bonds. The van der Waals surface area contributed by atoms with E-state index in [1.165, 1.54) is 28.0 Å². The Hall–Kier alpha value is -2.98. The second-order valence-electron chi connectivity index (χ2n) is 6.26. The molecule has 0 aliphatic carbocycles. The molecule has 148 valence electrons. The van der Waals surface area contributed by atoms with Gasteiger partial charge in [0.25, 0.3) is 5.56 Å². The number of carbonyl (C=O) groups excluding carboxylic acids is 1. The highest BCUT2D eigenvalue weighted by molar-refractivity contribution is 7.99. The number of thiophene rings is 1. The number of thioether (sulfide) groups is 1. The zero-order valence-corrected chi connectivity index (χ0v) is 17.1. The molecule has 4 aromatic rings. The van der Waals surface area contributed by atoms with Crippen LogP contribution in [0.1, 0.15) is 11.3 Å². The van der Waals surface area contributed by atoms with Crippen molar-refractivity contribution in [2.24, 2.45) is 0 Å². The number of aromatic nitrogens is 3. The van der Waals surface area contributed by atoms with Crippen molar-refractivity contribution in [2.75, 3.05) is 11.1 Å². The summed E-state index contributed by atoms with van der Waals surface area (Å²) in [5.74, 6) is 0.237. The van der Waals surface area contributed by atoms with Gasteiger partial charge in [0.2, 0.25) is 5.91 Å². The minimum Gasteiger partial charge on any atom is -0.360 e. The molecule has 10 heteroatoms. The Morgan fingerprint density at radius 1 is 1.31 bits per heavy atom. The molecule has 0 fully saturated rings. The first-order valence-corrected chi connectivity index (χ1v) is 10.4. The van der Waals surface area contributed by atoms with E-state index in [2.05, 4.69) is 15.5 Å². The zero-order chi connectivity index (χ0) is 20.5. The molecule has 0 bridgehead atoms. The van der Waals surface area contributed by atoms with E-state index in [9.17, 15) is 14.0 Å². The van der Waals surface area contributed by atoms with Crippen LogP contribution in [0.3, 0.4) is 0 Å². The number of nitrogens with zero attached hydrogens (tertiary/aromatic N) is 3. The first-order chi connectivity index (χ1) is 13.9. The molecule has 0 aliphatic rings. The molecule has 1 aromatic carbocycles. The predicted octanol–water partition coefficient (Wildman–Crippen LogP) is 3.92. The maximum Gasteiger partial charge on any atom is 0.276 e. The molecule has 0 aliphatic heterocycles. The van der Waals surface area contributed by atoms with Gasteiger partial charge in [0.05, 0.1) is 17.0 Å². The molecule has 0 unspecified atom stereocenters. The minimum atomic E-state index is -0.358. The largest absolute Gasteiger partial charge is 0.360 e. The van der Waals surface area contributed by atoms with Crippen molar-refractivity contribution < 1.29 is 13.7 Å². The highest BCUT2D eigenvalue weighted by Crippen LogP contribution is 2.24.